The van der Waals surface area contributed by atoms with Gasteiger partial charge in [0.15, 0.2) is 6.29 Å². The lowest BCUT2D eigenvalue weighted by Gasteiger charge is -2.03. The highest BCUT2D eigenvalue weighted by atomic mass is 16.6. The lowest BCUT2D eigenvalue weighted by molar-refractivity contribution is -0.0669. The largest absolute Gasteiger partial charge is 0.368 e. The fourth-order valence-electron chi connectivity index (χ4n) is 0.364. The van der Waals surface area contributed by atoms with Gasteiger partial charge in [0, 0.05) is 13.5 Å². The van der Waals surface area contributed by atoms with Crippen molar-refractivity contribution in [2.45, 2.75) is 26.1 Å². The molecule has 8 heavy (non-hydrogen) atoms. The maximum atomic E-state index is 8.45. The Kier molecular flexibility index (Phi) is 5.01. The normalized spacial score (nSPS) is 13.9. The summed E-state index contributed by atoms with van der Waals surface area (Å²) in [6, 6.07) is 0. The molecule has 0 bridgehead atoms. The Labute approximate surface area is 50.5 Å². The molecule has 0 spiro atoms. The van der Waals surface area contributed by atoms with Crippen LogP contribution < -0.4 is 0 Å². The van der Waals surface area contributed by atoms with Crippen LogP contribution in [0, 0.1) is 6.92 Å². The fraction of sp³-hybridized carbons (Fsp3) is 0.833. The molecule has 0 aromatic heterocycles. The number of aliphatic hydroxyl groups excluding tert-OH is 1. The van der Waals surface area contributed by atoms with Gasteiger partial charge in [-0.2, -0.15) is 0 Å². The zero-order valence-electron chi connectivity index (χ0n) is 5.26. The summed E-state index contributed by atoms with van der Waals surface area (Å²) in [7, 11) is 0. The van der Waals surface area contributed by atoms with E-state index in [1.165, 1.54) is 0 Å². The number of rotatable bonds is 4. The first-order chi connectivity index (χ1) is 3.77. The zero-order valence-corrected chi connectivity index (χ0v) is 5.26. The number of unbranched alkanes of at least 4 members (excludes halogenated alkanes) is 1. The highest BCUT2D eigenvalue weighted by Crippen LogP contribution is 1.89. The molecule has 0 saturated carbocycles. The van der Waals surface area contributed by atoms with Gasteiger partial charge in [-0.15, -0.1) is 0 Å². The molecule has 0 aliphatic carbocycles. The Bertz CT molecular complexity index is 43.8. The van der Waals surface area contributed by atoms with Gasteiger partial charge in [-0.1, -0.05) is 13.3 Å². The van der Waals surface area contributed by atoms with Crippen LogP contribution in [0.4, 0.5) is 0 Å². The molecule has 1 N–H and O–H groups in total. The SMILES string of the molecule is [CH2]C(O)OCCCC. The summed E-state index contributed by atoms with van der Waals surface area (Å²) in [5.74, 6) is 0. The number of ether oxygens (including phenoxy) is 1. The summed E-state index contributed by atoms with van der Waals surface area (Å²) in [5.41, 5.74) is 0. The Hall–Kier alpha value is -0.0800. The van der Waals surface area contributed by atoms with Crippen molar-refractivity contribution in [3.63, 3.8) is 0 Å². The average molecular weight is 117 g/mol. The van der Waals surface area contributed by atoms with Crippen molar-refractivity contribution in [1.29, 1.82) is 0 Å². The summed E-state index contributed by atoms with van der Waals surface area (Å²) in [6.07, 6.45) is 1.24. The van der Waals surface area contributed by atoms with Crippen molar-refractivity contribution in [3.05, 3.63) is 6.92 Å². The minimum atomic E-state index is -0.846. The van der Waals surface area contributed by atoms with Gasteiger partial charge in [0.25, 0.3) is 0 Å². The summed E-state index contributed by atoms with van der Waals surface area (Å²) in [5, 5.41) is 8.45. The molecule has 2 heteroatoms. The lowest BCUT2D eigenvalue weighted by Crippen LogP contribution is -2.07. The molecule has 0 aromatic rings. The van der Waals surface area contributed by atoms with Crippen LogP contribution in [0.1, 0.15) is 19.8 Å². The first-order valence-corrected chi connectivity index (χ1v) is 2.90. The third kappa shape index (κ3) is 5.92. The van der Waals surface area contributed by atoms with E-state index in [0.717, 1.165) is 12.8 Å². The van der Waals surface area contributed by atoms with E-state index in [-0.39, 0.29) is 0 Å². The zero-order chi connectivity index (χ0) is 6.41. The number of hydrogen-bond acceptors (Lipinski definition) is 2. The maximum absolute atomic E-state index is 8.45. The van der Waals surface area contributed by atoms with E-state index < -0.39 is 6.29 Å². The molecule has 0 aliphatic heterocycles. The van der Waals surface area contributed by atoms with Gasteiger partial charge in [0.05, 0.1) is 0 Å². The second-order valence-corrected chi connectivity index (χ2v) is 1.68. The highest BCUT2D eigenvalue weighted by molar-refractivity contribution is 4.39. The van der Waals surface area contributed by atoms with Crippen LogP contribution in [0.25, 0.3) is 0 Å². The van der Waals surface area contributed by atoms with E-state index in [1.807, 2.05) is 0 Å². The van der Waals surface area contributed by atoms with Crippen molar-refractivity contribution in [3.8, 4) is 0 Å². The molecule has 0 rings (SSSR count). The molecule has 1 atom stereocenters. The topological polar surface area (TPSA) is 29.5 Å². The third-order valence-corrected chi connectivity index (χ3v) is 0.808. The van der Waals surface area contributed by atoms with Gasteiger partial charge in [-0.25, -0.2) is 0 Å². The second kappa shape index (κ2) is 5.06. The van der Waals surface area contributed by atoms with E-state index in [4.69, 9.17) is 9.84 Å². The predicted molar refractivity (Wildman–Crippen MR) is 32.2 cm³/mol. The molecule has 0 aliphatic rings. The second-order valence-electron chi connectivity index (χ2n) is 1.68. The number of aliphatic hydroxyl groups is 1. The van der Waals surface area contributed by atoms with Crippen LogP contribution in [-0.4, -0.2) is 18.0 Å². The molecule has 0 fully saturated rings. The first kappa shape index (κ1) is 7.92. The van der Waals surface area contributed by atoms with Crippen LogP contribution in [0.2, 0.25) is 0 Å². The van der Waals surface area contributed by atoms with Gasteiger partial charge in [0.1, 0.15) is 0 Å². The molecule has 49 valence electrons. The monoisotopic (exact) mass is 117 g/mol. The standard InChI is InChI=1S/C6H13O2/c1-3-4-5-8-6(2)7/h6-7H,2-5H2,1H3. The summed E-state index contributed by atoms with van der Waals surface area (Å²) in [6.45, 7) is 5.92. The van der Waals surface area contributed by atoms with E-state index in [0.29, 0.717) is 6.61 Å². The fourth-order valence-corrected chi connectivity index (χ4v) is 0.364. The third-order valence-electron chi connectivity index (χ3n) is 0.808. The molecule has 2 nitrogen and oxygen atoms in total. The molecule has 1 unspecified atom stereocenters. The molecule has 0 amide bonds. The molecule has 0 aromatic carbocycles. The van der Waals surface area contributed by atoms with Gasteiger partial charge < -0.3 is 9.84 Å². The Morgan fingerprint density at radius 2 is 2.38 bits per heavy atom. The van der Waals surface area contributed by atoms with Crippen molar-refractivity contribution in [1.82, 2.24) is 0 Å². The van der Waals surface area contributed by atoms with E-state index in [1.54, 1.807) is 0 Å². The van der Waals surface area contributed by atoms with Crippen molar-refractivity contribution in [2.24, 2.45) is 0 Å². The van der Waals surface area contributed by atoms with Crippen LogP contribution >= 0.6 is 0 Å². The molecule has 0 saturated heterocycles. The maximum Gasteiger partial charge on any atom is 0.154 e. The molecule has 1 radical (unpaired) electrons. The van der Waals surface area contributed by atoms with Crippen LogP contribution in [0.15, 0.2) is 0 Å². The van der Waals surface area contributed by atoms with Crippen LogP contribution in [0.3, 0.4) is 0 Å². The number of hydrogen-bond donors (Lipinski definition) is 1. The summed E-state index contributed by atoms with van der Waals surface area (Å²) >= 11 is 0. The van der Waals surface area contributed by atoms with Gasteiger partial charge in [0.2, 0.25) is 0 Å². The predicted octanol–water partition coefficient (Wildman–Crippen LogP) is 0.956. The quantitative estimate of drug-likeness (QED) is 0.439. The molecular weight excluding hydrogens is 104 g/mol. The van der Waals surface area contributed by atoms with E-state index in [9.17, 15) is 0 Å². The minimum absolute atomic E-state index is 0.612. The lowest BCUT2D eigenvalue weighted by atomic mass is 10.4. The van der Waals surface area contributed by atoms with Gasteiger partial charge in [-0.3, -0.25) is 0 Å². The van der Waals surface area contributed by atoms with Crippen LogP contribution in [0.5, 0.6) is 0 Å². The van der Waals surface area contributed by atoms with Gasteiger partial charge >= 0.3 is 0 Å². The average Bonchev–Trinajstić information content (AvgIpc) is 1.66. The first-order valence-electron chi connectivity index (χ1n) is 2.90. The highest BCUT2D eigenvalue weighted by Gasteiger charge is 1.90. The Morgan fingerprint density at radius 3 is 2.75 bits per heavy atom. The Balaban J connectivity index is 2.72. The molecule has 0 heterocycles. The van der Waals surface area contributed by atoms with Crippen molar-refractivity contribution < 1.29 is 9.84 Å². The van der Waals surface area contributed by atoms with E-state index >= 15 is 0 Å². The smallest absolute Gasteiger partial charge is 0.154 e. The van der Waals surface area contributed by atoms with Crippen molar-refractivity contribution >= 4 is 0 Å². The van der Waals surface area contributed by atoms with Crippen molar-refractivity contribution in [2.75, 3.05) is 6.61 Å². The Morgan fingerprint density at radius 1 is 1.75 bits per heavy atom. The summed E-state index contributed by atoms with van der Waals surface area (Å²) in [4.78, 5) is 0. The summed E-state index contributed by atoms with van der Waals surface area (Å²) < 4.78 is 4.73. The van der Waals surface area contributed by atoms with Crippen LogP contribution in [-0.2, 0) is 4.74 Å². The molecular formula is C6H13O2. The van der Waals surface area contributed by atoms with E-state index in [2.05, 4.69) is 13.8 Å². The minimum Gasteiger partial charge on any atom is -0.368 e. The van der Waals surface area contributed by atoms with Gasteiger partial charge in [-0.05, 0) is 6.42 Å².